The van der Waals surface area contributed by atoms with Crippen LogP contribution in [-0.2, 0) is 5.75 Å². The van der Waals surface area contributed by atoms with Crippen molar-refractivity contribution in [2.75, 3.05) is 18.8 Å². The number of nitrogens with two attached hydrogens (primary N) is 2. The molecule has 0 saturated heterocycles. The Hall–Kier alpha value is -2.43. The predicted molar refractivity (Wildman–Crippen MR) is 91.6 cm³/mol. The second-order valence-electron chi connectivity index (χ2n) is 3.74. The van der Waals surface area contributed by atoms with Gasteiger partial charge in [-0.15, -0.1) is 17.8 Å². The van der Waals surface area contributed by atoms with E-state index in [1.165, 1.54) is 11.3 Å². The average Bonchev–Trinajstić information content (AvgIpc) is 2.90. The number of thiazole rings is 1. The first-order valence-corrected chi connectivity index (χ1v) is 8.17. The summed E-state index contributed by atoms with van der Waals surface area (Å²) >= 11 is 3.06. The van der Waals surface area contributed by atoms with Crippen LogP contribution in [0.4, 0.5) is 5.13 Å². The third kappa shape index (κ3) is 7.38. The fourth-order valence-corrected chi connectivity index (χ4v) is 2.78. The van der Waals surface area contributed by atoms with Gasteiger partial charge in [0.05, 0.1) is 18.8 Å². The first-order valence-electron chi connectivity index (χ1n) is 6.14. The van der Waals surface area contributed by atoms with Crippen molar-refractivity contribution in [3.8, 4) is 18.5 Å². The normalized spacial score (nSPS) is 10.4. The van der Waals surface area contributed by atoms with E-state index in [0.717, 1.165) is 17.2 Å². The lowest BCUT2D eigenvalue weighted by atomic mass is 10.6. The summed E-state index contributed by atoms with van der Waals surface area (Å²) in [6, 6.07) is 0. The van der Waals surface area contributed by atoms with Gasteiger partial charge in [0.15, 0.2) is 12.2 Å². The van der Waals surface area contributed by atoms with E-state index in [9.17, 15) is 0 Å². The minimum absolute atomic E-state index is 0.000110. The number of thioether (sulfide) groups is 1. The standard InChI is InChI=1S/C12H16N8S2/c1-2-3-16-11(18-8-13)17-4-5-21-6-9-7-22-12(19-9)20-10(14)15/h1,7H,3-6H2,(H2,16,17,18)(H4,14,15,19,20). The van der Waals surface area contributed by atoms with Crippen LogP contribution in [0.1, 0.15) is 5.69 Å². The summed E-state index contributed by atoms with van der Waals surface area (Å²) in [5, 5.41) is 16.3. The van der Waals surface area contributed by atoms with E-state index in [1.807, 2.05) is 5.38 Å². The van der Waals surface area contributed by atoms with Crippen LogP contribution in [0.3, 0.4) is 0 Å². The highest BCUT2D eigenvalue weighted by molar-refractivity contribution is 7.98. The number of nitriles is 1. The maximum atomic E-state index is 8.58. The molecule has 0 aliphatic heterocycles. The number of aromatic nitrogens is 1. The van der Waals surface area contributed by atoms with Crippen LogP contribution in [0.5, 0.6) is 0 Å². The topological polar surface area (TPSA) is 138 Å². The second-order valence-corrected chi connectivity index (χ2v) is 5.68. The maximum Gasteiger partial charge on any atom is 0.212 e. The van der Waals surface area contributed by atoms with E-state index < -0.39 is 0 Å². The Morgan fingerprint density at radius 1 is 1.55 bits per heavy atom. The Morgan fingerprint density at radius 3 is 3.05 bits per heavy atom. The summed E-state index contributed by atoms with van der Waals surface area (Å²) in [5.74, 6) is 4.31. The molecule has 0 amide bonds. The average molecular weight is 336 g/mol. The molecule has 0 spiro atoms. The minimum atomic E-state index is -0.000110. The Kier molecular flexibility index (Phi) is 8.27. The van der Waals surface area contributed by atoms with Gasteiger partial charge < -0.3 is 16.8 Å². The van der Waals surface area contributed by atoms with E-state index in [4.69, 9.17) is 23.2 Å². The van der Waals surface area contributed by atoms with E-state index in [1.54, 1.807) is 18.0 Å². The quantitative estimate of drug-likeness (QED) is 0.137. The SMILES string of the molecule is C#CCNC(=NCCSCc1csc(N=C(N)N)n1)NC#N. The van der Waals surface area contributed by atoms with Crippen molar-refractivity contribution in [2.45, 2.75) is 5.75 Å². The molecule has 10 heteroatoms. The molecule has 1 heterocycles. The molecule has 0 bridgehead atoms. The fraction of sp³-hybridized carbons (Fsp3) is 0.333. The Balaban J connectivity index is 2.32. The van der Waals surface area contributed by atoms with Gasteiger partial charge in [-0.2, -0.15) is 22.0 Å². The van der Waals surface area contributed by atoms with Crippen LogP contribution in [0.2, 0.25) is 0 Å². The zero-order valence-corrected chi connectivity index (χ0v) is 13.4. The number of guanidine groups is 2. The highest BCUT2D eigenvalue weighted by Crippen LogP contribution is 2.21. The molecule has 0 saturated carbocycles. The summed E-state index contributed by atoms with van der Waals surface area (Å²) in [5.41, 5.74) is 11.5. The summed E-state index contributed by atoms with van der Waals surface area (Å²) in [6.07, 6.45) is 6.93. The lowest BCUT2D eigenvalue weighted by Crippen LogP contribution is -2.34. The molecular weight excluding hydrogens is 320 g/mol. The molecule has 0 aliphatic carbocycles. The van der Waals surface area contributed by atoms with E-state index in [2.05, 4.69) is 31.5 Å². The third-order valence-electron chi connectivity index (χ3n) is 2.05. The Bertz CT molecular complexity index is 603. The molecule has 0 aromatic carbocycles. The molecule has 1 aromatic rings. The molecule has 6 N–H and O–H groups in total. The number of hydrogen-bond donors (Lipinski definition) is 4. The van der Waals surface area contributed by atoms with Gasteiger partial charge in [-0.05, 0) is 0 Å². The first kappa shape index (κ1) is 17.6. The lowest BCUT2D eigenvalue weighted by Gasteiger charge is -2.04. The van der Waals surface area contributed by atoms with E-state index in [-0.39, 0.29) is 5.96 Å². The number of rotatable bonds is 7. The van der Waals surface area contributed by atoms with Gasteiger partial charge >= 0.3 is 0 Å². The van der Waals surface area contributed by atoms with Crippen LogP contribution in [0.15, 0.2) is 15.4 Å². The van der Waals surface area contributed by atoms with Gasteiger partial charge in [0.1, 0.15) is 0 Å². The molecule has 1 rings (SSSR count). The number of nitrogens with zero attached hydrogens (tertiary/aromatic N) is 4. The Morgan fingerprint density at radius 2 is 2.36 bits per heavy atom. The van der Waals surface area contributed by atoms with Crippen molar-refractivity contribution in [2.24, 2.45) is 21.5 Å². The maximum absolute atomic E-state index is 8.58. The molecule has 8 nitrogen and oxygen atoms in total. The molecule has 22 heavy (non-hydrogen) atoms. The van der Waals surface area contributed by atoms with Gasteiger partial charge in [-0.3, -0.25) is 10.3 Å². The van der Waals surface area contributed by atoms with E-state index in [0.29, 0.717) is 24.2 Å². The van der Waals surface area contributed by atoms with Crippen molar-refractivity contribution in [3.63, 3.8) is 0 Å². The summed E-state index contributed by atoms with van der Waals surface area (Å²) in [4.78, 5) is 12.4. The summed E-state index contributed by atoms with van der Waals surface area (Å²) in [7, 11) is 0. The highest BCUT2D eigenvalue weighted by Gasteiger charge is 2.01. The monoisotopic (exact) mass is 336 g/mol. The van der Waals surface area contributed by atoms with Crippen LogP contribution in [0.25, 0.3) is 0 Å². The van der Waals surface area contributed by atoms with Crippen molar-refractivity contribution in [1.29, 1.82) is 5.26 Å². The van der Waals surface area contributed by atoms with E-state index >= 15 is 0 Å². The lowest BCUT2D eigenvalue weighted by molar-refractivity contribution is 0.967. The van der Waals surface area contributed by atoms with Crippen LogP contribution in [-0.4, -0.2) is 35.7 Å². The van der Waals surface area contributed by atoms with Crippen LogP contribution < -0.4 is 22.1 Å². The summed E-state index contributed by atoms with van der Waals surface area (Å²) < 4.78 is 0. The van der Waals surface area contributed by atoms with Crippen LogP contribution in [0, 0.1) is 23.8 Å². The van der Waals surface area contributed by atoms with Crippen molar-refractivity contribution in [3.05, 3.63) is 11.1 Å². The third-order valence-corrected chi connectivity index (χ3v) is 3.81. The minimum Gasteiger partial charge on any atom is -0.370 e. The molecule has 1 aromatic heterocycles. The molecule has 0 fully saturated rings. The van der Waals surface area contributed by atoms with Crippen LogP contribution >= 0.6 is 23.1 Å². The largest absolute Gasteiger partial charge is 0.370 e. The van der Waals surface area contributed by atoms with Gasteiger partial charge in [0.2, 0.25) is 11.1 Å². The highest BCUT2D eigenvalue weighted by atomic mass is 32.2. The second kappa shape index (κ2) is 10.3. The molecule has 0 radical (unpaired) electrons. The zero-order valence-electron chi connectivity index (χ0n) is 11.7. The number of aliphatic imine (C=N–C) groups is 2. The number of nitrogens with one attached hydrogen (secondary N) is 2. The predicted octanol–water partition coefficient (Wildman–Crippen LogP) is -0.0693. The van der Waals surface area contributed by atoms with Gasteiger partial charge in [-0.25, -0.2) is 4.98 Å². The summed E-state index contributed by atoms with van der Waals surface area (Å²) in [6.45, 7) is 0.865. The zero-order chi connectivity index (χ0) is 16.2. The molecule has 116 valence electrons. The molecular formula is C12H16N8S2. The smallest absolute Gasteiger partial charge is 0.212 e. The fourth-order valence-electron chi connectivity index (χ4n) is 1.25. The van der Waals surface area contributed by atoms with Crippen molar-refractivity contribution >= 4 is 40.1 Å². The van der Waals surface area contributed by atoms with Crippen molar-refractivity contribution < 1.29 is 0 Å². The Labute approximate surface area is 137 Å². The van der Waals surface area contributed by atoms with Crippen molar-refractivity contribution in [1.82, 2.24) is 15.6 Å². The number of hydrogen-bond acceptors (Lipinski definition) is 6. The van der Waals surface area contributed by atoms with Gasteiger partial charge in [0.25, 0.3) is 0 Å². The first-order chi connectivity index (χ1) is 10.7. The molecule has 0 atom stereocenters. The molecule has 0 aliphatic rings. The van der Waals surface area contributed by atoms with Gasteiger partial charge in [-0.1, -0.05) is 5.92 Å². The number of terminal acetylenes is 1. The van der Waals surface area contributed by atoms with Gasteiger partial charge in [0, 0.05) is 16.9 Å². The molecule has 0 unspecified atom stereocenters.